The molecule has 0 saturated heterocycles. The average molecular weight is 501 g/mol. The number of halogens is 2. The van der Waals surface area contributed by atoms with Gasteiger partial charge < -0.3 is 14.2 Å². The molecule has 34 heavy (non-hydrogen) atoms. The van der Waals surface area contributed by atoms with Crippen LogP contribution in [0.4, 0.5) is 0 Å². The fourth-order valence-electron chi connectivity index (χ4n) is 3.12. The number of benzene rings is 3. The smallest absolute Gasteiger partial charge is 0.244 e. The molecule has 3 aromatic carbocycles. The summed E-state index contributed by atoms with van der Waals surface area (Å²) < 4.78 is 17.0. The minimum absolute atomic E-state index is 0.199. The van der Waals surface area contributed by atoms with Gasteiger partial charge in [0.25, 0.3) is 0 Å². The van der Waals surface area contributed by atoms with E-state index >= 15 is 0 Å². The van der Waals surface area contributed by atoms with E-state index in [1.165, 1.54) is 6.21 Å². The number of rotatable bonds is 11. The average Bonchev–Trinajstić information content (AvgIpc) is 2.80. The molecule has 0 spiro atoms. The van der Waals surface area contributed by atoms with Gasteiger partial charge >= 0.3 is 0 Å². The van der Waals surface area contributed by atoms with Gasteiger partial charge in [-0.3, -0.25) is 4.79 Å². The molecule has 3 aromatic rings. The van der Waals surface area contributed by atoms with Gasteiger partial charge in [-0.25, -0.2) is 5.43 Å². The Hall–Kier alpha value is -3.22. The standard InChI is InChI=1S/C26H26Cl2N2O4/c1-3-32-22-10-8-18(9-11-22)15-25(31)30-29-16-20-13-23(28)26(24(14-20)33-4-2)34-17-19-6-5-7-21(27)12-19/h5-14,16H,3-4,15,17H2,1-2H3,(H,30,31)/b29-16-. The van der Waals surface area contributed by atoms with E-state index < -0.39 is 0 Å². The van der Waals surface area contributed by atoms with Crippen LogP contribution in [0, 0.1) is 0 Å². The topological polar surface area (TPSA) is 69.2 Å². The molecular formula is C26H26Cl2N2O4. The van der Waals surface area contributed by atoms with Gasteiger partial charge in [-0.2, -0.15) is 5.10 Å². The molecule has 0 heterocycles. The summed E-state index contributed by atoms with van der Waals surface area (Å²) in [5.74, 6) is 1.45. The van der Waals surface area contributed by atoms with Crippen molar-refractivity contribution in [1.29, 1.82) is 0 Å². The SMILES string of the molecule is CCOc1ccc(CC(=O)N/N=C\c2cc(Cl)c(OCc3cccc(Cl)c3)c(OCC)c2)cc1. The van der Waals surface area contributed by atoms with Gasteiger partial charge in [0.05, 0.1) is 30.9 Å². The monoisotopic (exact) mass is 500 g/mol. The van der Waals surface area contributed by atoms with Crippen LogP contribution in [-0.2, 0) is 17.8 Å². The van der Waals surface area contributed by atoms with Crippen LogP contribution in [0.2, 0.25) is 10.0 Å². The van der Waals surface area contributed by atoms with Crippen molar-refractivity contribution < 1.29 is 19.0 Å². The molecule has 3 rings (SSSR count). The van der Waals surface area contributed by atoms with Crippen LogP contribution in [0.25, 0.3) is 0 Å². The van der Waals surface area contributed by atoms with Gasteiger partial charge in [-0.05, 0) is 66.9 Å². The van der Waals surface area contributed by atoms with Crippen molar-refractivity contribution in [2.24, 2.45) is 5.10 Å². The largest absolute Gasteiger partial charge is 0.494 e. The molecule has 0 aliphatic heterocycles. The molecule has 0 aromatic heterocycles. The first-order valence-electron chi connectivity index (χ1n) is 10.9. The first-order chi connectivity index (χ1) is 16.5. The molecule has 0 saturated carbocycles. The van der Waals surface area contributed by atoms with Crippen molar-refractivity contribution >= 4 is 35.3 Å². The number of nitrogens with zero attached hydrogens (tertiary/aromatic N) is 1. The Labute approximate surface area is 209 Å². The normalized spacial score (nSPS) is 10.8. The summed E-state index contributed by atoms with van der Waals surface area (Å²) >= 11 is 12.5. The van der Waals surface area contributed by atoms with Crippen LogP contribution in [0.15, 0.2) is 65.8 Å². The second-order valence-corrected chi connectivity index (χ2v) is 8.07. The zero-order valence-corrected chi connectivity index (χ0v) is 20.5. The Morgan fingerprint density at radius 2 is 1.71 bits per heavy atom. The molecule has 1 amide bonds. The van der Waals surface area contributed by atoms with Crippen LogP contribution < -0.4 is 19.6 Å². The summed E-state index contributed by atoms with van der Waals surface area (Å²) in [5.41, 5.74) is 4.96. The molecule has 0 unspecified atom stereocenters. The second kappa shape index (κ2) is 12.9. The number of hydrogen-bond donors (Lipinski definition) is 1. The minimum Gasteiger partial charge on any atom is -0.494 e. The van der Waals surface area contributed by atoms with Gasteiger partial charge in [0, 0.05) is 5.02 Å². The van der Waals surface area contributed by atoms with E-state index in [1.54, 1.807) is 18.2 Å². The summed E-state index contributed by atoms with van der Waals surface area (Å²) in [6, 6.07) is 18.2. The van der Waals surface area contributed by atoms with E-state index in [2.05, 4.69) is 10.5 Å². The maximum absolute atomic E-state index is 12.2. The van der Waals surface area contributed by atoms with Gasteiger partial charge in [0.2, 0.25) is 5.91 Å². The van der Waals surface area contributed by atoms with Crippen LogP contribution in [-0.4, -0.2) is 25.3 Å². The highest BCUT2D eigenvalue weighted by Crippen LogP contribution is 2.37. The number of nitrogens with one attached hydrogen (secondary N) is 1. The minimum atomic E-state index is -0.238. The third kappa shape index (κ3) is 7.68. The molecular weight excluding hydrogens is 475 g/mol. The van der Waals surface area contributed by atoms with E-state index in [0.717, 1.165) is 16.9 Å². The van der Waals surface area contributed by atoms with Crippen molar-refractivity contribution in [2.75, 3.05) is 13.2 Å². The highest BCUT2D eigenvalue weighted by molar-refractivity contribution is 6.32. The summed E-state index contributed by atoms with van der Waals surface area (Å²) in [4.78, 5) is 12.2. The van der Waals surface area contributed by atoms with Crippen molar-refractivity contribution in [3.05, 3.63) is 87.4 Å². The third-order valence-electron chi connectivity index (χ3n) is 4.61. The molecule has 8 heteroatoms. The van der Waals surface area contributed by atoms with E-state index in [9.17, 15) is 4.79 Å². The molecule has 0 radical (unpaired) electrons. The number of ether oxygens (including phenoxy) is 3. The van der Waals surface area contributed by atoms with Gasteiger partial charge in [0.1, 0.15) is 12.4 Å². The van der Waals surface area contributed by atoms with Crippen molar-refractivity contribution in [1.82, 2.24) is 5.43 Å². The Balaban J connectivity index is 1.62. The molecule has 0 bridgehead atoms. The Morgan fingerprint density at radius 3 is 2.41 bits per heavy atom. The number of carbonyl (C=O) groups excluding carboxylic acids is 1. The zero-order valence-electron chi connectivity index (χ0n) is 19.0. The summed E-state index contributed by atoms with van der Waals surface area (Å²) in [6.07, 6.45) is 1.70. The van der Waals surface area contributed by atoms with Crippen LogP contribution in [0.1, 0.15) is 30.5 Å². The van der Waals surface area contributed by atoms with Gasteiger partial charge in [-0.1, -0.05) is 47.5 Å². The van der Waals surface area contributed by atoms with E-state index in [-0.39, 0.29) is 18.9 Å². The second-order valence-electron chi connectivity index (χ2n) is 7.23. The first-order valence-corrected chi connectivity index (χ1v) is 11.6. The lowest BCUT2D eigenvalue weighted by Crippen LogP contribution is -2.19. The predicted octanol–water partition coefficient (Wildman–Crippen LogP) is 6.06. The summed E-state index contributed by atoms with van der Waals surface area (Å²) in [5, 5.41) is 5.04. The van der Waals surface area contributed by atoms with Gasteiger partial charge in [-0.15, -0.1) is 0 Å². The van der Waals surface area contributed by atoms with Crippen molar-refractivity contribution in [2.45, 2.75) is 26.9 Å². The zero-order chi connectivity index (χ0) is 24.3. The third-order valence-corrected chi connectivity index (χ3v) is 5.12. The molecule has 0 aliphatic carbocycles. The molecule has 0 fully saturated rings. The quantitative estimate of drug-likeness (QED) is 0.256. The van der Waals surface area contributed by atoms with Crippen LogP contribution in [0.3, 0.4) is 0 Å². The lowest BCUT2D eigenvalue weighted by molar-refractivity contribution is -0.120. The molecule has 0 aliphatic rings. The Morgan fingerprint density at radius 1 is 0.941 bits per heavy atom. The maximum atomic E-state index is 12.2. The lowest BCUT2D eigenvalue weighted by Gasteiger charge is -2.14. The molecule has 0 atom stereocenters. The summed E-state index contributed by atoms with van der Waals surface area (Å²) in [7, 11) is 0. The number of hydrogen-bond acceptors (Lipinski definition) is 5. The Bertz CT molecular complexity index is 1130. The number of amides is 1. The fraction of sp³-hybridized carbons (Fsp3) is 0.231. The highest BCUT2D eigenvalue weighted by Gasteiger charge is 2.13. The number of hydrazone groups is 1. The fourth-order valence-corrected chi connectivity index (χ4v) is 3.61. The van der Waals surface area contributed by atoms with Crippen LogP contribution in [0.5, 0.6) is 17.2 Å². The van der Waals surface area contributed by atoms with E-state index in [0.29, 0.717) is 40.3 Å². The van der Waals surface area contributed by atoms with E-state index in [1.807, 2.05) is 56.3 Å². The summed E-state index contributed by atoms with van der Waals surface area (Å²) in [6.45, 7) is 5.11. The number of carbonyl (C=O) groups is 1. The van der Waals surface area contributed by atoms with Gasteiger partial charge in [0.15, 0.2) is 11.5 Å². The van der Waals surface area contributed by atoms with Crippen molar-refractivity contribution in [3.63, 3.8) is 0 Å². The Kier molecular flexibility index (Phi) is 9.62. The molecule has 6 nitrogen and oxygen atoms in total. The maximum Gasteiger partial charge on any atom is 0.244 e. The predicted molar refractivity (Wildman–Crippen MR) is 135 cm³/mol. The lowest BCUT2D eigenvalue weighted by atomic mass is 10.1. The van der Waals surface area contributed by atoms with E-state index in [4.69, 9.17) is 37.4 Å². The highest BCUT2D eigenvalue weighted by atomic mass is 35.5. The first kappa shape index (κ1) is 25.4. The van der Waals surface area contributed by atoms with Crippen molar-refractivity contribution in [3.8, 4) is 17.2 Å². The van der Waals surface area contributed by atoms with Crippen LogP contribution >= 0.6 is 23.2 Å². The molecule has 178 valence electrons. The molecule has 1 N–H and O–H groups in total.